The largest absolute Gasteiger partial charge is 0.198 e. The quantitative estimate of drug-likeness (QED) is 0.121. The lowest BCUT2D eigenvalue weighted by Crippen LogP contribution is -1.86. The van der Waals surface area contributed by atoms with Crippen LogP contribution in [0.15, 0.2) is 45.1 Å². The van der Waals surface area contributed by atoms with Crippen LogP contribution in [0.5, 0.6) is 0 Å². The Hall–Kier alpha value is 0.820. The van der Waals surface area contributed by atoms with Crippen molar-refractivity contribution in [3.8, 4) is 12.1 Å². The van der Waals surface area contributed by atoms with E-state index in [1.165, 1.54) is 25.4 Å². The third-order valence-electron chi connectivity index (χ3n) is 3.90. The molecule has 0 radical (unpaired) electrons. The van der Waals surface area contributed by atoms with Crippen molar-refractivity contribution in [1.82, 2.24) is 20.4 Å². The zero-order chi connectivity index (χ0) is 26.4. The van der Waals surface area contributed by atoms with E-state index in [9.17, 15) is 0 Å². The molecule has 0 aliphatic carbocycles. The van der Waals surface area contributed by atoms with Gasteiger partial charge in [-0.3, -0.25) is 0 Å². The first-order valence-electron chi connectivity index (χ1n) is 10.7. The van der Waals surface area contributed by atoms with Gasteiger partial charge in [0.2, 0.25) is 0 Å². The van der Waals surface area contributed by atoms with E-state index in [0.29, 0.717) is 12.8 Å². The van der Waals surface area contributed by atoms with Crippen LogP contribution in [0, 0.1) is 22.7 Å². The fourth-order valence-electron chi connectivity index (χ4n) is 2.42. The number of rotatable bonds is 16. The van der Waals surface area contributed by atoms with E-state index >= 15 is 0 Å². The highest BCUT2D eigenvalue weighted by Gasteiger charge is 2.30. The predicted octanol–water partition coefficient (Wildman–Crippen LogP) is 9.37. The van der Waals surface area contributed by atoms with E-state index in [4.69, 9.17) is 10.5 Å². The average molecular weight is 727 g/mol. The topological polar surface area (TPSA) is 99.1 Å². The molecule has 0 N–H and O–H groups in total. The maximum Gasteiger partial charge on any atom is 0.174 e. The van der Waals surface area contributed by atoms with Crippen molar-refractivity contribution in [2.45, 2.75) is 21.5 Å². The normalized spacial score (nSPS) is 15.5. The van der Waals surface area contributed by atoms with Crippen molar-refractivity contribution in [1.29, 1.82) is 10.5 Å². The third kappa shape index (κ3) is 10.6. The summed E-state index contributed by atoms with van der Waals surface area (Å²) in [5.74, 6) is 5.61. The number of thioether (sulfide) groups is 10. The van der Waals surface area contributed by atoms with Gasteiger partial charge in [0.1, 0.15) is 11.0 Å². The molecule has 6 nitrogen and oxygen atoms in total. The lowest BCUT2D eigenvalue weighted by Gasteiger charge is -2.04. The zero-order valence-electron chi connectivity index (χ0n) is 19.4. The second-order valence-electron chi connectivity index (χ2n) is 6.45. The minimum atomic E-state index is 0.540. The molecule has 0 bridgehead atoms. The summed E-state index contributed by atoms with van der Waals surface area (Å²) in [5, 5.41) is 34.1. The number of nitriles is 2. The van der Waals surface area contributed by atoms with Crippen molar-refractivity contribution in [3.05, 3.63) is 36.4 Å². The monoisotopic (exact) mass is 726 g/mol. The molecule has 0 saturated carbocycles. The van der Waals surface area contributed by atoms with Crippen LogP contribution in [-0.4, -0.2) is 54.9 Å². The summed E-state index contributed by atoms with van der Waals surface area (Å²) in [6.07, 6.45) is 1.08. The minimum absolute atomic E-state index is 0.540. The summed E-state index contributed by atoms with van der Waals surface area (Å²) in [5.41, 5.74) is 3.55. The van der Waals surface area contributed by atoms with E-state index in [0.717, 1.165) is 43.2 Å². The van der Waals surface area contributed by atoms with Gasteiger partial charge in [0.05, 0.1) is 37.6 Å². The van der Waals surface area contributed by atoms with Crippen LogP contribution in [0.1, 0.15) is 12.8 Å². The Labute approximate surface area is 272 Å². The lowest BCUT2D eigenvalue weighted by molar-refractivity contribution is 1.01. The van der Waals surface area contributed by atoms with Crippen LogP contribution in [0.4, 0.5) is 0 Å². The summed E-state index contributed by atoms with van der Waals surface area (Å²) in [4.78, 5) is 0. The molecule has 0 amide bonds. The fourth-order valence-corrected chi connectivity index (χ4v) is 17.4. The summed E-state index contributed by atoms with van der Waals surface area (Å²) in [6.45, 7) is 0. The number of nitrogens with zero attached hydrogens (tertiary/aromatic N) is 6. The van der Waals surface area contributed by atoms with E-state index < -0.39 is 0 Å². The molecule has 18 heteroatoms. The Balaban J connectivity index is 1.37. The Kier molecular flexibility index (Phi) is 15.4. The van der Waals surface area contributed by atoms with E-state index in [2.05, 4.69) is 32.5 Å². The summed E-state index contributed by atoms with van der Waals surface area (Å²) in [7, 11) is 0. The Bertz CT molecular complexity index is 1120. The first kappa shape index (κ1) is 31.7. The maximum absolute atomic E-state index is 8.97. The molecule has 0 saturated heterocycles. The van der Waals surface area contributed by atoms with Gasteiger partial charge in [-0.1, -0.05) is 93.2 Å². The molecule has 2 aliphatic rings. The maximum atomic E-state index is 8.97. The molecular weight excluding hydrogens is 709 g/mol. The molecule has 200 valence electrons. The lowest BCUT2D eigenvalue weighted by atomic mass is 10.6. The molecule has 2 aromatic rings. The van der Waals surface area contributed by atoms with Gasteiger partial charge < -0.3 is 0 Å². The zero-order valence-corrected chi connectivity index (χ0v) is 29.2. The highest BCUT2D eigenvalue weighted by molar-refractivity contribution is 8.45. The second kappa shape index (κ2) is 18.4. The Morgan fingerprint density at radius 1 is 0.553 bits per heavy atom. The van der Waals surface area contributed by atoms with Crippen molar-refractivity contribution >= 4 is 140 Å². The highest BCUT2D eigenvalue weighted by atomic mass is 32.3. The van der Waals surface area contributed by atoms with Crippen LogP contribution >= 0.6 is 140 Å². The number of hydrogen-bond acceptors (Lipinski definition) is 18. The van der Waals surface area contributed by atoms with E-state index in [1.54, 1.807) is 80.7 Å². The van der Waals surface area contributed by atoms with Crippen LogP contribution in [0.2, 0.25) is 0 Å². The smallest absolute Gasteiger partial charge is 0.174 e. The van der Waals surface area contributed by atoms with Crippen LogP contribution < -0.4 is 0 Å². The number of hydrogen-bond donors (Lipinski definition) is 0. The van der Waals surface area contributed by atoms with E-state index in [-0.39, 0.29) is 0 Å². The van der Waals surface area contributed by atoms with Gasteiger partial charge in [0.15, 0.2) is 8.68 Å². The molecule has 4 rings (SSSR count). The highest BCUT2D eigenvalue weighted by Crippen LogP contribution is 2.66. The summed E-state index contributed by atoms with van der Waals surface area (Å²) < 4.78 is 10.0. The van der Waals surface area contributed by atoms with Crippen molar-refractivity contribution in [3.63, 3.8) is 0 Å². The molecule has 0 fully saturated rings. The molecular formula is C20H18N6S12. The summed E-state index contributed by atoms with van der Waals surface area (Å²) >= 11 is 21.5. The van der Waals surface area contributed by atoms with Gasteiger partial charge in [-0.05, 0) is 0 Å². The molecule has 0 atom stereocenters. The van der Waals surface area contributed by atoms with Crippen LogP contribution in [0.25, 0.3) is 0 Å². The van der Waals surface area contributed by atoms with Gasteiger partial charge in [-0.25, -0.2) is 0 Å². The van der Waals surface area contributed by atoms with Crippen molar-refractivity contribution in [2.75, 3.05) is 34.5 Å². The Morgan fingerprint density at radius 3 is 1.26 bits per heavy atom. The average Bonchev–Trinajstić information content (AvgIpc) is 3.73. The van der Waals surface area contributed by atoms with Crippen molar-refractivity contribution < 1.29 is 0 Å². The van der Waals surface area contributed by atoms with Crippen molar-refractivity contribution in [2.24, 2.45) is 0 Å². The van der Waals surface area contributed by atoms with Gasteiger partial charge in [0, 0.05) is 47.4 Å². The predicted molar refractivity (Wildman–Crippen MR) is 183 cm³/mol. The minimum Gasteiger partial charge on any atom is -0.198 e. The third-order valence-corrected chi connectivity index (χ3v) is 19.7. The van der Waals surface area contributed by atoms with Crippen LogP contribution in [-0.2, 0) is 0 Å². The number of aromatic nitrogens is 4. The van der Waals surface area contributed by atoms with E-state index in [1.807, 2.05) is 70.6 Å². The SMILES string of the molecule is N#CCCSC1=C(SCCC#N)SC(=C2SC(SCCSc3nncs3)=C(SCCSc3nncs3)S2)S1. The molecule has 2 aromatic heterocycles. The molecule has 0 aromatic carbocycles. The van der Waals surface area contributed by atoms with Crippen LogP contribution in [0.3, 0.4) is 0 Å². The first-order chi connectivity index (χ1) is 18.8. The molecule has 2 aliphatic heterocycles. The Morgan fingerprint density at radius 2 is 0.921 bits per heavy atom. The van der Waals surface area contributed by atoms with Gasteiger partial charge >= 0.3 is 0 Å². The van der Waals surface area contributed by atoms with Gasteiger partial charge in [-0.15, -0.1) is 67.4 Å². The standard InChI is InChI=1S/C20H18N6S12/c21-3-1-5-27-13-14(28-6-2-4-22)36-17(35-13)18-37-15(29-7-9-31-19-25-23-11-33-19)16(38-18)30-8-10-32-20-26-24-12-34-20/h11-12H,1-2,5-10H2. The molecule has 0 unspecified atom stereocenters. The first-order valence-corrected chi connectivity index (χ1v) is 21.7. The fraction of sp³-hybridized carbons (Fsp3) is 0.400. The molecule has 4 heterocycles. The second-order valence-corrected chi connectivity index (χ2v) is 20.9. The molecule has 0 spiro atoms. The van der Waals surface area contributed by atoms with Gasteiger partial charge in [-0.2, -0.15) is 10.5 Å². The summed E-state index contributed by atoms with van der Waals surface area (Å²) in [6, 6.07) is 4.49. The van der Waals surface area contributed by atoms with Gasteiger partial charge in [0.25, 0.3) is 0 Å². The molecule has 38 heavy (non-hydrogen) atoms.